The van der Waals surface area contributed by atoms with Gasteiger partial charge in [0, 0.05) is 24.2 Å². The van der Waals surface area contributed by atoms with Crippen molar-refractivity contribution in [1.29, 1.82) is 0 Å². The average Bonchev–Trinajstić information content (AvgIpc) is 2.96. The Morgan fingerprint density at radius 1 is 1.36 bits per heavy atom. The van der Waals surface area contributed by atoms with Crippen molar-refractivity contribution in [3.8, 4) is 0 Å². The number of amides is 1. The largest absolute Gasteiger partial charge is 0.452 e. The van der Waals surface area contributed by atoms with Crippen LogP contribution in [-0.4, -0.2) is 60.8 Å². The van der Waals surface area contributed by atoms with Crippen molar-refractivity contribution in [3.05, 3.63) is 39.4 Å². The van der Waals surface area contributed by atoms with E-state index in [1.165, 1.54) is 30.0 Å². The van der Waals surface area contributed by atoms with E-state index < -0.39 is 39.3 Å². The first-order chi connectivity index (χ1) is 13.0. The Morgan fingerprint density at radius 2 is 2.04 bits per heavy atom. The third kappa shape index (κ3) is 5.28. The molecule has 1 aliphatic heterocycles. The Morgan fingerprint density at radius 3 is 2.57 bits per heavy atom. The molecule has 0 spiro atoms. The van der Waals surface area contributed by atoms with E-state index in [1.54, 1.807) is 0 Å². The van der Waals surface area contributed by atoms with E-state index in [4.69, 9.17) is 4.74 Å². The minimum atomic E-state index is -3.17. The van der Waals surface area contributed by atoms with Gasteiger partial charge in [0.25, 0.3) is 11.6 Å². The van der Waals surface area contributed by atoms with Crippen LogP contribution in [0.4, 0.5) is 5.69 Å². The zero-order valence-corrected chi connectivity index (χ0v) is 16.9. The van der Waals surface area contributed by atoms with Crippen molar-refractivity contribution in [2.75, 3.05) is 24.7 Å². The molecule has 154 valence electrons. The van der Waals surface area contributed by atoms with E-state index in [0.29, 0.717) is 13.0 Å². The lowest BCUT2D eigenvalue weighted by molar-refractivity contribution is -0.385. The summed E-state index contributed by atoms with van der Waals surface area (Å²) in [7, 11) is -3.17. The summed E-state index contributed by atoms with van der Waals surface area (Å²) in [5.74, 6) is -1.26. The van der Waals surface area contributed by atoms with Crippen molar-refractivity contribution in [3.63, 3.8) is 0 Å². The molecule has 0 unspecified atom stereocenters. The van der Waals surface area contributed by atoms with E-state index in [1.807, 2.05) is 13.8 Å². The SMILES string of the molecule is Cc1c(C(=O)OCC(=O)N(CC(C)C)[C@H]2CCS(=O)(=O)C2)cccc1[N+](=O)[O-]. The molecule has 28 heavy (non-hydrogen) atoms. The highest BCUT2D eigenvalue weighted by Crippen LogP contribution is 2.22. The number of sulfone groups is 1. The van der Waals surface area contributed by atoms with E-state index in [0.717, 1.165) is 0 Å². The Labute approximate surface area is 163 Å². The fourth-order valence-electron chi connectivity index (χ4n) is 3.20. The zero-order chi connectivity index (χ0) is 21.1. The third-order valence-electron chi connectivity index (χ3n) is 4.58. The van der Waals surface area contributed by atoms with Crippen molar-refractivity contribution in [2.45, 2.75) is 33.2 Å². The molecular weight excluding hydrogens is 388 g/mol. The lowest BCUT2D eigenvalue weighted by Crippen LogP contribution is -2.45. The van der Waals surface area contributed by atoms with Crippen LogP contribution in [0.5, 0.6) is 0 Å². The van der Waals surface area contributed by atoms with Gasteiger partial charge in [0.05, 0.1) is 22.0 Å². The summed E-state index contributed by atoms with van der Waals surface area (Å²) in [4.78, 5) is 36.8. The molecule has 1 saturated heterocycles. The number of carbonyl (C=O) groups excluding carboxylic acids is 2. The lowest BCUT2D eigenvalue weighted by atomic mass is 10.1. The van der Waals surface area contributed by atoms with Crippen molar-refractivity contribution in [2.24, 2.45) is 5.92 Å². The first-order valence-electron chi connectivity index (χ1n) is 8.93. The lowest BCUT2D eigenvalue weighted by Gasteiger charge is -2.29. The van der Waals surface area contributed by atoms with Gasteiger partial charge in [-0.05, 0) is 25.3 Å². The molecule has 10 heteroatoms. The Kier molecular flexibility index (Phi) is 6.76. The minimum Gasteiger partial charge on any atom is -0.452 e. The quantitative estimate of drug-likeness (QED) is 0.379. The molecular formula is C18H24N2O7S. The van der Waals surface area contributed by atoms with Gasteiger partial charge in [-0.1, -0.05) is 19.9 Å². The van der Waals surface area contributed by atoms with E-state index in [-0.39, 0.29) is 34.2 Å². The van der Waals surface area contributed by atoms with E-state index >= 15 is 0 Å². The van der Waals surface area contributed by atoms with Crippen molar-refractivity contribution >= 4 is 27.4 Å². The van der Waals surface area contributed by atoms with Crippen LogP contribution in [0.2, 0.25) is 0 Å². The van der Waals surface area contributed by atoms with Gasteiger partial charge in [0.1, 0.15) is 0 Å². The summed E-state index contributed by atoms with van der Waals surface area (Å²) < 4.78 is 28.6. The summed E-state index contributed by atoms with van der Waals surface area (Å²) in [6.45, 7) is 5.05. The standard InChI is InChI=1S/C18H24N2O7S/c1-12(2)9-19(14-7-8-28(25,26)11-14)17(21)10-27-18(22)15-5-4-6-16(13(15)3)20(23)24/h4-6,12,14H,7-11H2,1-3H3/t14-/m0/s1. The monoisotopic (exact) mass is 412 g/mol. The maximum atomic E-state index is 12.6. The summed E-state index contributed by atoms with van der Waals surface area (Å²) in [6.07, 6.45) is 0.360. The summed E-state index contributed by atoms with van der Waals surface area (Å²) in [6, 6.07) is 3.61. The van der Waals surface area contributed by atoms with Gasteiger partial charge in [0.15, 0.2) is 16.4 Å². The predicted molar refractivity (Wildman–Crippen MR) is 102 cm³/mol. The van der Waals surface area contributed by atoms with Gasteiger partial charge in [-0.25, -0.2) is 13.2 Å². The van der Waals surface area contributed by atoms with Gasteiger partial charge < -0.3 is 9.64 Å². The topological polar surface area (TPSA) is 124 Å². The van der Waals surface area contributed by atoms with Gasteiger partial charge in [-0.15, -0.1) is 0 Å². The highest BCUT2D eigenvalue weighted by atomic mass is 32.2. The van der Waals surface area contributed by atoms with Crippen LogP contribution in [-0.2, 0) is 19.4 Å². The van der Waals surface area contributed by atoms with Crippen LogP contribution >= 0.6 is 0 Å². The van der Waals surface area contributed by atoms with E-state index in [9.17, 15) is 28.1 Å². The summed E-state index contributed by atoms with van der Waals surface area (Å²) in [5, 5.41) is 11.0. The Hall–Kier alpha value is -2.49. The molecule has 1 atom stereocenters. The fraction of sp³-hybridized carbons (Fsp3) is 0.556. The molecule has 2 rings (SSSR count). The molecule has 1 amide bonds. The van der Waals surface area contributed by atoms with Crippen LogP contribution < -0.4 is 0 Å². The number of esters is 1. The van der Waals surface area contributed by atoms with Gasteiger partial charge >= 0.3 is 5.97 Å². The molecule has 1 aliphatic rings. The number of nitrogens with zero attached hydrogens (tertiary/aromatic N) is 2. The number of benzene rings is 1. The zero-order valence-electron chi connectivity index (χ0n) is 16.1. The minimum absolute atomic E-state index is 0.0147. The van der Waals surface area contributed by atoms with Crippen LogP contribution in [0.1, 0.15) is 36.2 Å². The van der Waals surface area contributed by atoms with E-state index in [2.05, 4.69) is 0 Å². The van der Waals surface area contributed by atoms with Gasteiger partial charge in [-0.2, -0.15) is 0 Å². The number of rotatable bonds is 7. The first kappa shape index (κ1) is 21.8. The maximum absolute atomic E-state index is 12.6. The highest BCUT2D eigenvalue weighted by molar-refractivity contribution is 7.91. The second kappa shape index (κ2) is 8.68. The third-order valence-corrected chi connectivity index (χ3v) is 6.33. The number of hydrogen-bond donors (Lipinski definition) is 0. The second-order valence-corrected chi connectivity index (χ2v) is 9.51. The average molecular weight is 412 g/mol. The molecule has 0 N–H and O–H groups in total. The number of nitro benzene ring substituents is 1. The molecule has 0 saturated carbocycles. The highest BCUT2D eigenvalue weighted by Gasteiger charge is 2.35. The number of hydrogen-bond acceptors (Lipinski definition) is 7. The molecule has 0 aliphatic carbocycles. The summed E-state index contributed by atoms with van der Waals surface area (Å²) >= 11 is 0. The smallest absolute Gasteiger partial charge is 0.339 e. The Balaban J connectivity index is 2.09. The van der Waals surface area contributed by atoms with Crippen molar-refractivity contribution < 1.29 is 27.7 Å². The van der Waals surface area contributed by atoms with Gasteiger partial charge in [0.2, 0.25) is 0 Å². The fourth-order valence-corrected chi connectivity index (χ4v) is 4.93. The van der Waals surface area contributed by atoms with Crippen molar-refractivity contribution in [1.82, 2.24) is 4.90 Å². The van der Waals surface area contributed by atoms with Crippen LogP contribution in [0.15, 0.2) is 18.2 Å². The summed E-state index contributed by atoms with van der Waals surface area (Å²) in [5.41, 5.74) is -0.0369. The molecule has 0 aromatic heterocycles. The molecule has 1 fully saturated rings. The molecule has 0 bridgehead atoms. The van der Waals surface area contributed by atoms with Crippen LogP contribution in [0, 0.1) is 23.0 Å². The van der Waals surface area contributed by atoms with Crippen LogP contribution in [0.25, 0.3) is 0 Å². The molecule has 9 nitrogen and oxygen atoms in total. The molecule has 1 aromatic carbocycles. The second-order valence-electron chi connectivity index (χ2n) is 7.28. The first-order valence-corrected chi connectivity index (χ1v) is 10.7. The molecule has 1 aromatic rings. The number of nitro groups is 1. The Bertz CT molecular complexity index is 880. The molecule has 1 heterocycles. The number of ether oxygens (including phenoxy) is 1. The normalized spacial score (nSPS) is 18.1. The predicted octanol–water partition coefficient (Wildman–Crippen LogP) is 1.73. The molecule has 0 radical (unpaired) electrons. The maximum Gasteiger partial charge on any atom is 0.339 e. The number of carbonyl (C=O) groups is 2. The van der Waals surface area contributed by atoms with Crippen LogP contribution in [0.3, 0.4) is 0 Å². The van der Waals surface area contributed by atoms with Gasteiger partial charge in [-0.3, -0.25) is 14.9 Å².